The van der Waals surface area contributed by atoms with Gasteiger partial charge in [-0.25, -0.2) is 0 Å². The molecule has 1 aliphatic heterocycles. The third-order valence-electron chi connectivity index (χ3n) is 3.43. The highest BCUT2D eigenvalue weighted by atomic mass is 35.5. The smallest absolute Gasteiger partial charge is 0.151 e. The Bertz CT molecular complexity index is 604. The first-order valence-electron chi connectivity index (χ1n) is 6.57. The van der Waals surface area contributed by atoms with Gasteiger partial charge >= 0.3 is 0 Å². The number of anilines is 2. The predicted molar refractivity (Wildman–Crippen MR) is 87.9 cm³/mol. The molecule has 1 aromatic carbocycles. The number of hydrogen-bond donors (Lipinski definition) is 0. The van der Waals surface area contributed by atoms with E-state index >= 15 is 0 Å². The Kier molecular flexibility index (Phi) is 4.38. The quantitative estimate of drug-likeness (QED) is 0.831. The second kappa shape index (κ2) is 6.26. The molecule has 1 aliphatic rings. The molecule has 1 aromatic heterocycles. The maximum absolute atomic E-state index is 6.06. The summed E-state index contributed by atoms with van der Waals surface area (Å²) in [4.78, 5) is 4.45. The number of halogens is 3. The van der Waals surface area contributed by atoms with Gasteiger partial charge in [0, 0.05) is 41.9 Å². The summed E-state index contributed by atoms with van der Waals surface area (Å²) in [7, 11) is 0. The molecule has 1 fully saturated rings. The molecule has 0 amide bonds. The van der Waals surface area contributed by atoms with Crippen molar-refractivity contribution in [1.29, 1.82) is 0 Å². The molecule has 3 rings (SSSR count). The average Bonchev–Trinajstić information content (AvgIpc) is 2.47. The van der Waals surface area contributed by atoms with E-state index in [1.807, 2.05) is 18.2 Å². The van der Waals surface area contributed by atoms with Crippen LogP contribution in [0.3, 0.4) is 0 Å². The lowest BCUT2D eigenvalue weighted by Crippen LogP contribution is -2.46. The van der Waals surface area contributed by atoms with Crippen molar-refractivity contribution in [3.63, 3.8) is 0 Å². The van der Waals surface area contributed by atoms with Crippen molar-refractivity contribution < 1.29 is 0 Å². The van der Waals surface area contributed by atoms with E-state index in [-0.39, 0.29) is 0 Å². The minimum Gasteiger partial charge on any atom is -0.368 e. The minimum atomic E-state index is 0.408. The third-order valence-corrected chi connectivity index (χ3v) is 4.07. The SMILES string of the molecule is Clc1cc(Cl)cc(N2CCN(c3ccc(Cl)nn3)CC2)c1. The van der Waals surface area contributed by atoms with Crippen LogP contribution in [0, 0.1) is 0 Å². The van der Waals surface area contributed by atoms with Gasteiger partial charge in [-0.3, -0.25) is 0 Å². The summed E-state index contributed by atoms with van der Waals surface area (Å²) in [5, 5.41) is 9.71. The molecule has 0 radical (unpaired) electrons. The van der Waals surface area contributed by atoms with Gasteiger partial charge in [0.1, 0.15) is 0 Å². The van der Waals surface area contributed by atoms with E-state index in [1.54, 1.807) is 12.1 Å². The first kappa shape index (κ1) is 14.7. The van der Waals surface area contributed by atoms with E-state index in [1.165, 1.54) is 0 Å². The van der Waals surface area contributed by atoms with Crippen LogP contribution >= 0.6 is 34.8 Å². The van der Waals surface area contributed by atoms with Crippen molar-refractivity contribution in [1.82, 2.24) is 10.2 Å². The van der Waals surface area contributed by atoms with E-state index in [0.29, 0.717) is 15.2 Å². The van der Waals surface area contributed by atoms with Crippen LogP contribution in [0.25, 0.3) is 0 Å². The van der Waals surface area contributed by atoms with Crippen molar-refractivity contribution in [2.45, 2.75) is 0 Å². The Morgan fingerprint density at radius 2 is 1.38 bits per heavy atom. The second-order valence-corrected chi connectivity index (χ2v) is 6.08. The molecule has 2 aromatic rings. The fourth-order valence-electron chi connectivity index (χ4n) is 2.39. The molecular formula is C14H13Cl3N4. The molecule has 4 nitrogen and oxygen atoms in total. The van der Waals surface area contributed by atoms with E-state index in [2.05, 4.69) is 20.0 Å². The van der Waals surface area contributed by atoms with E-state index in [0.717, 1.165) is 37.7 Å². The summed E-state index contributed by atoms with van der Waals surface area (Å²) in [5.41, 5.74) is 1.05. The highest BCUT2D eigenvalue weighted by Crippen LogP contribution is 2.26. The van der Waals surface area contributed by atoms with Crippen molar-refractivity contribution in [2.75, 3.05) is 36.0 Å². The molecule has 0 aliphatic carbocycles. The highest BCUT2D eigenvalue weighted by molar-refractivity contribution is 6.35. The summed E-state index contributed by atoms with van der Waals surface area (Å²) >= 11 is 17.9. The maximum atomic E-state index is 6.06. The van der Waals surface area contributed by atoms with Crippen molar-refractivity contribution in [2.24, 2.45) is 0 Å². The van der Waals surface area contributed by atoms with Gasteiger partial charge < -0.3 is 9.80 Å². The zero-order valence-corrected chi connectivity index (χ0v) is 13.4. The van der Waals surface area contributed by atoms with Crippen LogP contribution in [0.5, 0.6) is 0 Å². The lowest BCUT2D eigenvalue weighted by molar-refractivity contribution is 0.644. The van der Waals surface area contributed by atoms with Crippen LogP contribution in [0.2, 0.25) is 15.2 Å². The summed E-state index contributed by atoms with van der Waals surface area (Å²) in [6.45, 7) is 3.48. The van der Waals surface area contributed by atoms with Gasteiger partial charge in [-0.15, -0.1) is 10.2 Å². The first-order chi connectivity index (χ1) is 10.1. The Morgan fingerprint density at radius 1 is 0.762 bits per heavy atom. The third kappa shape index (κ3) is 3.51. The standard InChI is InChI=1S/C14H13Cl3N4/c15-10-7-11(16)9-12(8-10)20-3-5-21(6-4-20)14-2-1-13(17)18-19-14/h1-2,7-9H,3-6H2. The predicted octanol–water partition coefficient (Wildman–Crippen LogP) is 3.76. The molecule has 2 heterocycles. The van der Waals surface area contributed by atoms with E-state index in [4.69, 9.17) is 34.8 Å². The molecule has 0 N–H and O–H groups in total. The Morgan fingerprint density at radius 3 is 1.95 bits per heavy atom. The molecule has 110 valence electrons. The summed E-state index contributed by atoms with van der Waals surface area (Å²) in [5.74, 6) is 0.850. The second-order valence-electron chi connectivity index (χ2n) is 4.82. The molecule has 0 bridgehead atoms. The number of hydrogen-bond acceptors (Lipinski definition) is 4. The number of benzene rings is 1. The Hall–Kier alpha value is -1.23. The van der Waals surface area contributed by atoms with Gasteiger partial charge in [-0.1, -0.05) is 34.8 Å². The normalized spacial score (nSPS) is 15.4. The lowest BCUT2D eigenvalue weighted by Gasteiger charge is -2.36. The molecule has 0 atom stereocenters. The number of rotatable bonds is 2. The molecule has 1 saturated heterocycles. The fraction of sp³-hybridized carbons (Fsp3) is 0.286. The summed E-state index contributed by atoms with van der Waals surface area (Å²) in [6, 6.07) is 9.26. The maximum Gasteiger partial charge on any atom is 0.151 e. The number of aromatic nitrogens is 2. The van der Waals surface area contributed by atoms with Crippen molar-refractivity contribution >= 4 is 46.3 Å². The highest BCUT2D eigenvalue weighted by Gasteiger charge is 2.19. The molecule has 0 unspecified atom stereocenters. The largest absolute Gasteiger partial charge is 0.368 e. The van der Waals surface area contributed by atoms with Crippen LogP contribution in [0.4, 0.5) is 11.5 Å². The van der Waals surface area contributed by atoms with Gasteiger partial charge in [0.15, 0.2) is 11.0 Å². The zero-order valence-electron chi connectivity index (χ0n) is 11.1. The van der Waals surface area contributed by atoms with Crippen molar-refractivity contribution in [3.05, 3.63) is 45.5 Å². The summed E-state index contributed by atoms with van der Waals surface area (Å²) < 4.78 is 0. The van der Waals surface area contributed by atoms with Crippen LogP contribution in [-0.4, -0.2) is 36.4 Å². The van der Waals surface area contributed by atoms with E-state index in [9.17, 15) is 0 Å². The molecule has 0 saturated carbocycles. The van der Waals surface area contributed by atoms with Crippen LogP contribution < -0.4 is 9.80 Å². The topological polar surface area (TPSA) is 32.3 Å². The molecule has 21 heavy (non-hydrogen) atoms. The molecule has 0 spiro atoms. The Labute approximate surface area is 138 Å². The molecular weight excluding hydrogens is 331 g/mol. The van der Waals surface area contributed by atoms with Gasteiger partial charge in [-0.2, -0.15) is 0 Å². The summed E-state index contributed by atoms with van der Waals surface area (Å²) in [6.07, 6.45) is 0. The number of piperazine rings is 1. The number of nitrogens with zero attached hydrogens (tertiary/aromatic N) is 4. The van der Waals surface area contributed by atoms with Crippen LogP contribution in [-0.2, 0) is 0 Å². The lowest BCUT2D eigenvalue weighted by atomic mass is 10.2. The van der Waals surface area contributed by atoms with Crippen LogP contribution in [0.1, 0.15) is 0 Å². The van der Waals surface area contributed by atoms with Gasteiger partial charge in [0.05, 0.1) is 0 Å². The minimum absolute atomic E-state index is 0.408. The zero-order chi connectivity index (χ0) is 14.8. The average molecular weight is 344 g/mol. The monoisotopic (exact) mass is 342 g/mol. The first-order valence-corrected chi connectivity index (χ1v) is 7.70. The van der Waals surface area contributed by atoms with Crippen LogP contribution in [0.15, 0.2) is 30.3 Å². The molecule has 7 heteroatoms. The van der Waals surface area contributed by atoms with Crippen molar-refractivity contribution in [3.8, 4) is 0 Å². The Balaban J connectivity index is 1.68. The van der Waals surface area contributed by atoms with E-state index < -0.39 is 0 Å². The fourth-order valence-corrected chi connectivity index (χ4v) is 3.01. The van der Waals surface area contributed by atoms with Gasteiger partial charge in [-0.05, 0) is 30.3 Å². The van der Waals surface area contributed by atoms with Gasteiger partial charge in [0.25, 0.3) is 0 Å². The van der Waals surface area contributed by atoms with Gasteiger partial charge in [0.2, 0.25) is 0 Å².